The maximum absolute atomic E-state index is 13.1. The molecule has 0 N–H and O–H groups in total. The minimum atomic E-state index is -0.398. The van der Waals surface area contributed by atoms with Crippen molar-refractivity contribution in [1.82, 2.24) is 4.98 Å². The van der Waals surface area contributed by atoms with Crippen molar-refractivity contribution < 1.29 is 18.6 Å². The van der Waals surface area contributed by atoms with Gasteiger partial charge in [0.1, 0.15) is 12.4 Å². The Labute approximate surface area is 131 Å². The third-order valence-electron chi connectivity index (χ3n) is 2.82. The van der Waals surface area contributed by atoms with Gasteiger partial charge in [-0.25, -0.2) is 4.39 Å². The van der Waals surface area contributed by atoms with E-state index >= 15 is 0 Å². The van der Waals surface area contributed by atoms with Crippen LogP contribution in [0, 0.1) is 5.82 Å². The number of alkyl halides is 1. The quantitative estimate of drug-likeness (QED) is 0.740. The highest BCUT2D eigenvalue weighted by Gasteiger charge is 2.14. The Hall–Kier alpha value is -1.82. The van der Waals surface area contributed by atoms with E-state index in [1.807, 2.05) is 12.1 Å². The first-order valence-electron chi connectivity index (χ1n) is 6.21. The lowest BCUT2D eigenvalue weighted by atomic mass is 10.2. The monoisotopic (exact) mass is 355 g/mol. The molecule has 21 heavy (non-hydrogen) atoms. The molecule has 2 aromatic rings. The van der Waals surface area contributed by atoms with E-state index in [0.717, 1.165) is 11.8 Å². The van der Waals surface area contributed by atoms with Crippen LogP contribution in [0.15, 0.2) is 30.6 Å². The van der Waals surface area contributed by atoms with Gasteiger partial charge in [-0.3, -0.25) is 4.98 Å². The summed E-state index contributed by atoms with van der Waals surface area (Å²) in [4.78, 5) is 3.79. The van der Waals surface area contributed by atoms with Crippen LogP contribution < -0.4 is 14.2 Å². The summed E-state index contributed by atoms with van der Waals surface area (Å²) in [6.45, 7) is 0.172. The molecule has 0 amide bonds. The van der Waals surface area contributed by atoms with Gasteiger partial charge in [0.05, 0.1) is 20.4 Å². The molecule has 0 unspecified atom stereocenters. The van der Waals surface area contributed by atoms with Crippen LogP contribution in [0.4, 0.5) is 4.39 Å². The average Bonchev–Trinajstić information content (AvgIpc) is 2.52. The highest BCUT2D eigenvalue weighted by molar-refractivity contribution is 9.08. The molecule has 0 aliphatic carbocycles. The first kappa shape index (κ1) is 15.6. The van der Waals surface area contributed by atoms with Gasteiger partial charge in [0, 0.05) is 17.1 Å². The van der Waals surface area contributed by atoms with Crippen LogP contribution in [0.1, 0.15) is 11.1 Å². The summed E-state index contributed by atoms with van der Waals surface area (Å²) >= 11 is 3.39. The molecule has 0 spiro atoms. The molecule has 0 aliphatic heterocycles. The second kappa shape index (κ2) is 7.26. The molecule has 1 heterocycles. The molecule has 0 saturated carbocycles. The van der Waals surface area contributed by atoms with Crippen molar-refractivity contribution in [3.63, 3.8) is 0 Å². The fraction of sp³-hybridized carbons (Fsp3) is 0.267. The van der Waals surface area contributed by atoms with Gasteiger partial charge in [0.15, 0.2) is 11.5 Å². The molecular formula is C15H15BrFNO3. The summed E-state index contributed by atoms with van der Waals surface area (Å²) in [6.07, 6.45) is 2.70. The van der Waals surface area contributed by atoms with Gasteiger partial charge in [-0.05, 0) is 23.8 Å². The minimum absolute atomic E-state index is 0.172. The smallest absolute Gasteiger partial charge is 0.203 e. The van der Waals surface area contributed by atoms with Gasteiger partial charge in [0.2, 0.25) is 5.75 Å². The summed E-state index contributed by atoms with van der Waals surface area (Å²) < 4.78 is 29.5. The molecule has 2 rings (SSSR count). The summed E-state index contributed by atoms with van der Waals surface area (Å²) in [5.41, 5.74) is 1.63. The predicted octanol–water partition coefficient (Wildman–Crippen LogP) is 3.71. The maximum Gasteiger partial charge on any atom is 0.203 e. The number of benzene rings is 1. The van der Waals surface area contributed by atoms with Crippen LogP contribution in [-0.2, 0) is 11.9 Å². The summed E-state index contributed by atoms with van der Waals surface area (Å²) in [5.74, 6) is 1.21. The molecule has 0 atom stereocenters. The summed E-state index contributed by atoms with van der Waals surface area (Å²) in [6, 6.07) is 5.09. The Bertz CT molecular complexity index is 597. The van der Waals surface area contributed by atoms with E-state index in [-0.39, 0.29) is 6.61 Å². The zero-order valence-electron chi connectivity index (χ0n) is 11.7. The second-order valence-corrected chi connectivity index (χ2v) is 4.82. The van der Waals surface area contributed by atoms with Crippen molar-refractivity contribution >= 4 is 15.9 Å². The molecule has 0 radical (unpaired) electrons. The van der Waals surface area contributed by atoms with Crippen molar-refractivity contribution in [2.45, 2.75) is 11.9 Å². The number of halogens is 2. The zero-order chi connectivity index (χ0) is 15.2. The van der Waals surface area contributed by atoms with E-state index in [1.54, 1.807) is 20.4 Å². The van der Waals surface area contributed by atoms with Gasteiger partial charge < -0.3 is 14.2 Å². The van der Waals surface area contributed by atoms with E-state index in [2.05, 4.69) is 20.9 Å². The average molecular weight is 356 g/mol. The largest absolute Gasteiger partial charge is 0.493 e. The summed E-state index contributed by atoms with van der Waals surface area (Å²) in [5, 5.41) is 0.674. The van der Waals surface area contributed by atoms with Crippen LogP contribution in [0.2, 0.25) is 0 Å². The standard InChI is InChI=1S/C15H15BrFNO3/c1-19-13-4-10(6-16)5-14(20-2)15(13)21-9-11-3-12(17)8-18-7-11/h3-5,7-8H,6,9H2,1-2H3. The van der Waals surface area contributed by atoms with E-state index in [1.165, 1.54) is 6.07 Å². The molecule has 0 saturated heterocycles. The number of rotatable bonds is 6. The molecule has 1 aromatic heterocycles. The number of aromatic nitrogens is 1. The molecule has 0 aliphatic rings. The van der Waals surface area contributed by atoms with E-state index in [0.29, 0.717) is 28.1 Å². The van der Waals surface area contributed by atoms with Crippen molar-refractivity contribution in [2.75, 3.05) is 14.2 Å². The van der Waals surface area contributed by atoms with Crippen molar-refractivity contribution in [3.05, 3.63) is 47.5 Å². The molecule has 112 valence electrons. The van der Waals surface area contributed by atoms with E-state index in [9.17, 15) is 4.39 Å². The molecule has 6 heteroatoms. The lowest BCUT2D eigenvalue weighted by molar-refractivity contribution is 0.265. The summed E-state index contributed by atoms with van der Waals surface area (Å²) in [7, 11) is 3.12. The fourth-order valence-corrected chi connectivity index (χ4v) is 2.17. The van der Waals surface area contributed by atoms with Crippen molar-refractivity contribution in [2.24, 2.45) is 0 Å². The number of pyridine rings is 1. The Morgan fingerprint density at radius 1 is 1.05 bits per heavy atom. The number of ether oxygens (including phenoxy) is 3. The SMILES string of the molecule is COc1cc(CBr)cc(OC)c1OCc1cncc(F)c1. The highest BCUT2D eigenvalue weighted by atomic mass is 79.9. The van der Waals surface area contributed by atoms with Crippen molar-refractivity contribution in [1.29, 1.82) is 0 Å². The van der Waals surface area contributed by atoms with Crippen LogP contribution in [-0.4, -0.2) is 19.2 Å². The van der Waals surface area contributed by atoms with E-state index < -0.39 is 5.82 Å². The maximum atomic E-state index is 13.1. The number of hydrogen-bond acceptors (Lipinski definition) is 4. The van der Waals surface area contributed by atoms with Gasteiger partial charge in [-0.15, -0.1) is 0 Å². The third-order valence-corrected chi connectivity index (χ3v) is 3.47. The Balaban J connectivity index is 2.26. The Morgan fingerprint density at radius 2 is 1.71 bits per heavy atom. The van der Waals surface area contributed by atoms with Crippen LogP contribution in [0.3, 0.4) is 0 Å². The Kier molecular flexibility index (Phi) is 5.38. The highest BCUT2D eigenvalue weighted by Crippen LogP contribution is 2.39. The fourth-order valence-electron chi connectivity index (χ4n) is 1.84. The van der Waals surface area contributed by atoms with Crippen molar-refractivity contribution in [3.8, 4) is 17.2 Å². The lowest BCUT2D eigenvalue weighted by Gasteiger charge is -2.15. The topological polar surface area (TPSA) is 40.6 Å². The third kappa shape index (κ3) is 3.85. The lowest BCUT2D eigenvalue weighted by Crippen LogP contribution is -2.01. The zero-order valence-corrected chi connectivity index (χ0v) is 13.3. The number of methoxy groups -OCH3 is 2. The first-order valence-corrected chi connectivity index (χ1v) is 7.33. The van der Waals surface area contributed by atoms with Gasteiger partial charge >= 0.3 is 0 Å². The second-order valence-electron chi connectivity index (χ2n) is 4.26. The van der Waals surface area contributed by atoms with E-state index in [4.69, 9.17) is 14.2 Å². The Morgan fingerprint density at radius 3 is 2.24 bits per heavy atom. The van der Waals surface area contributed by atoms with Gasteiger partial charge in [0.25, 0.3) is 0 Å². The molecule has 0 bridgehead atoms. The molecule has 0 fully saturated rings. The molecule has 4 nitrogen and oxygen atoms in total. The van der Waals surface area contributed by atoms with Gasteiger partial charge in [-0.1, -0.05) is 15.9 Å². The normalized spacial score (nSPS) is 10.3. The molecule has 1 aromatic carbocycles. The first-order chi connectivity index (χ1) is 10.2. The number of hydrogen-bond donors (Lipinski definition) is 0. The predicted molar refractivity (Wildman–Crippen MR) is 80.7 cm³/mol. The van der Waals surface area contributed by atoms with Crippen LogP contribution in [0.25, 0.3) is 0 Å². The van der Waals surface area contributed by atoms with Gasteiger partial charge in [-0.2, -0.15) is 0 Å². The number of nitrogens with zero attached hydrogens (tertiary/aromatic N) is 1. The molecular weight excluding hydrogens is 341 g/mol. The van der Waals surface area contributed by atoms with Crippen LogP contribution in [0.5, 0.6) is 17.2 Å². The van der Waals surface area contributed by atoms with Crippen LogP contribution >= 0.6 is 15.9 Å². The minimum Gasteiger partial charge on any atom is -0.493 e.